The third kappa shape index (κ3) is 4.89. The standard InChI is InChI=1S/C21H21BrN2O3/c1-5-27-20-17(22)10-15(11-19(20)26-4)9-16(12-23)21(25)24-18-8-6-7-13(2)14(18)3/h6-11H,5H2,1-4H3,(H,24,25)/b16-9+. The van der Waals surface area contributed by atoms with Crippen LogP contribution in [0.2, 0.25) is 0 Å². The molecular weight excluding hydrogens is 408 g/mol. The number of ether oxygens (including phenoxy) is 2. The van der Waals surface area contributed by atoms with Crippen LogP contribution in [-0.2, 0) is 4.79 Å². The van der Waals surface area contributed by atoms with Gasteiger partial charge in [0.25, 0.3) is 5.91 Å². The second-order valence-corrected chi connectivity index (χ2v) is 6.69. The van der Waals surface area contributed by atoms with Crippen LogP contribution in [0.25, 0.3) is 6.08 Å². The van der Waals surface area contributed by atoms with E-state index in [1.165, 1.54) is 13.2 Å². The van der Waals surface area contributed by atoms with Crippen molar-refractivity contribution in [3.63, 3.8) is 0 Å². The number of aryl methyl sites for hydroxylation is 1. The average molecular weight is 429 g/mol. The minimum absolute atomic E-state index is 0.00554. The van der Waals surface area contributed by atoms with Gasteiger partial charge in [-0.25, -0.2) is 0 Å². The van der Waals surface area contributed by atoms with Crippen molar-refractivity contribution in [2.45, 2.75) is 20.8 Å². The van der Waals surface area contributed by atoms with Crippen molar-refractivity contribution in [2.24, 2.45) is 0 Å². The summed E-state index contributed by atoms with van der Waals surface area (Å²) in [6.45, 7) is 6.27. The van der Waals surface area contributed by atoms with Crippen molar-refractivity contribution in [2.75, 3.05) is 19.0 Å². The molecule has 0 heterocycles. The number of amides is 1. The fourth-order valence-corrected chi connectivity index (χ4v) is 3.07. The van der Waals surface area contributed by atoms with E-state index in [2.05, 4.69) is 21.2 Å². The number of anilines is 1. The van der Waals surface area contributed by atoms with Crippen molar-refractivity contribution in [1.29, 1.82) is 5.26 Å². The van der Waals surface area contributed by atoms with Crippen LogP contribution in [0.3, 0.4) is 0 Å². The lowest BCUT2D eigenvalue weighted by Gasteiger charge is -2.12. The van der Waals surface area contributed by atoms with E-state index < -0.39 is 5.91 Å². The monoisotopic (exact) mass is 428 g/mol. The lowest BCUT2D eigenvalue weighted by Crippen LogP contribution is -2.14. The normalized spacial score (nSPS) is 10.9. The molecule has 0 unspecified atom stereocenters. The highest BCUT2D eigenvalue weighted by atomic mass is 79.9. The summed E-state index contributed by atoms with van der Waals surface area (Å²) in [4.78, 5) is 12.6. The minimum Gasteiger partial charge on any atom is -0.493 e. The number of hydrogen-bond donors (Lipinski definition) is 1. The first kappa shape index (κ1) is 20.5. The van der Waals surface area contributed by atoms with Gasteiger partial charge in [-0.2, -0.15) is 5.26 Å². The Kier molecular flexibility index (Phi) is 7.03. The van der Waals surface area contributed by atoms with Gasteiger partial charge in [-0.3, -0.25) is 4.79 Å². The zero-order valence-electron chi connectivity index (χ0n) is 15.7. The van der Waals surface area contributed by atoms with Gasteiger partial charge in [0, 0.05) is 5.69 Å². The first-order chi connectivity index (χ1) is 12.9. The van der Waals surface area contributed by atoms with E-state index in [0.29, 0.717) is 33.8 Å². The van der Waals surface area contributed by atoms with Crippen LogP contribution in [0.5, 0.6) is 11.5 Å². The van der Waals surface area contributed by atoms with Gasteiger partial charge in [0.15, 0.2) is 11.5 Å². The highest BCUT2D eigenvalue weighted by Crippen LogP contribution is 2.37. The molecule has 0 aromatic heterocycles. The molecule has 140 valence electrons. The van der Waals surface area contributed by atoms with Crippen LogP contribution < -0.4 is 14.8 Å². The molecule has 0 atom stereocenters. The van der Waals surface area contributed by atoms with Crippen molar-refractivity contribution in [3.8, 4) is 17.6 Å². The molecule has 0 saturated carbocycles. The summed E-state index contributed by atoms with van der Waals surface area (Å²) >= 11 is 3.44. The number of nitrogens with one attached hydrogen (secondary N) is 1. The average Bonchev–Trinajstić information content (AvgIpc) is 2.65. The van der Waals surface area contributed by atoms with Crippen molar-refractivity contribution in [1.82, 2.24) is 0 Å². The van der Waals surface area contributed by atoms with Crippen LogP contribution in [0.1, 0.15) is 23.6 Å². The SMILES string of the molecule is CCOc1c(Br)cc(/C=C(\C#N)C(=O)Nc2cccc(C)c2C)cc1OC. The van der Waals surface area contributed by atoms with Gasteiger partial charge in [0.2, 0.25) is 0 Å². The summed E-state index contributed by atoms with van der Waals surface area (Å²) in [5, 5.41) is 12.2. The van der Waals surface area contributed by atoms with Crippen molar-refractivity contribution in [3.05, 3.63) is 57.1 Å². The molecule has 5 nitrogen and oxygen atoms in total. The van der Waals surface area contributed by atoms with Gasteiger partial charge in [-0.05, 0) is 77.7 Å². The highest BCUT2D eigenvalue weighted by Gasteiger charge is 2.14. The van der Waals surface area contributed by atoms with Gasteiger partial charge in [-0.15, -0.1) is 0 Å². The Bertz CT molecular complexity index is 930. The maximum atomic E-state index is 12.6. The molecule has 0 spiro atoms. The zero-order chi connectivity index (χ0) is 20.0. The summed E-state index contributed by atoms with van der Waals surface area (Å²) in [7, 11) is 1.54. The molecule has 6 heteroatoms. The van der Waals surface area contributed by atoms with E-state index in [1.807, 2.05) is 45.0 Å². The number of nitrogens with zero attached hydrogens (tertiary/aromatic N) is 1. The number of rotatable bonds is 6. The number of carbonyl (C=O) groups excluding carboxylic acids is 1. The molecule has 1 N–H and O–H groups in total. The van der Waals surface area contributed by atoms with E-state index in [1.54, 1.807) is 12.1 Å². The molecule has 2 rings (SSSR count). The smallest absolute Gasteiger partial charge is 0.266 e. The number of halogens is 1. The number of methoxy groups -OCH3 is 1. The maximum Gasteiger partial charge on any atom is 0.266 e. The van der Waals surface area contributed by atoms with Gasteiger partial charge < -0.3 is 14.8 Å². The number of nitriles is 1. The summed E-state index contributed by atoms with van der Waals surface area (Å²) in [6, 6.07) is 11.1. The fourth-order valence-electron chi connectivity index (χ4n) is 2.50. The Morgan fingerprint density at radius 2 is 2.07 bits per heavy atom. The lowest BCUT2D eigenvalue weighted by molar-refractivity contribution is -0.112. The van der Waals surface area contributed by atoms with Gasteiger partial charge >= 0.3 is 0 Å². The Labute approximate surface area is 167 Å². The fraction of sp³-hybridized carbons (Fsp3) is 0.238. The van der Waals surface area contributed by atoms with Crippen molar-refractivity contribution >= 4 is 33.6 Å². The van der Waals surface area contributed by atoms with E-state index in [9.17, 15) is 10.1 Å². The Morgan fingerprint density at radius 3 is 2.70 bits per heavy atom. The number of benzene rings is 2. The molecule has 1 amide bonds. The molecule has 2 aromatic carbocycles. The van der Waals surface area contributed by atoms with E-state index in [0.717, 1.165) is 11.1 Å². The number of hydrogen-bond acceptors (Lipinski definition) is 4. The van der Waals surface area contributed by atoms with E-state index >= 15 is 0 Å². The molecule has 0 aliphatic heterocycles. The van der Waals surface area contributed by atoms with Crippen LogP contribution >= 0.6 is 15.9 Å². The largest absolute Gasteiger partial charge is 0.493 e. The molecule has 2 aromatic rings. The predicted octanol–water partition coefficient (Wildman–Crippen LogP) is 5.02. The molecule has 0 aliphatic carbocycles. The van der Waals surface area contributed by atoms with Crippen LogP contribution in [0.15, 0.2) is 40.4 Å². The molecular formula is C21H21BrN2O3. The second kappa shape index (κ2) is 9.24. The summed E-state index contributed by atoms with van der Waals surface area (Å²) in [5.41, 5.74) is 3.36. The Hall–Kier alpha value is -2.78. The topological polar surface area (TPSA) is 71.3 Å². The molecule has 0 bridgehead atoms. The van der Waals surface area contributed by atoms with E-state index in [-0.39, 0.29) is 5.57 Å². The number of carbonyl (C=O) groups is 1. The maximum absolute atomic E-state index is 12.6. The van der Waals surface area contributed by atoms with Gasteiger partial charge in [-0.1, -0.05) is 12.1 Å². The molecule has 0 saturated heterocycles. The summed E-state index contributed by atoms with van der Waals surface area (Å²) in [6.07, 6.45) is 1.52. The molecule has 0 fully saturated rings. The van der Waals surface area contributed by atoms with Crippen molar-refractivity contribution < 1.29 is 14.3 Å². The summed E-state index contributed by atoms with van der Waals surface area (Å²) in [5.74, 6) is 0.635. The molecule has 0 aliphatic rings. The second-order valence-electron chi connectivity index (χ2n) is 5.84. The van der Waals surface area contributed by atoms with Crippen LogP contribution in [-0.4, -0.2) is 19.6 Å². The van der Waals surface area contributed by atoms with Crippen LogP contribution in [0, 0.1) is 25.2 Å². The van der Waals surface area contributed by atoms with Gasteiger partial charge in [0.05, 0.1) is 18.2 Å². The Morgan fingerprint density at radius 1 is 1.33 bits per heavy atom. The summed E-state index contributed by atoms with van der Waals surface area (Å²) < 4.78 is 11.6. The third-order valence-electron chi connectivity index (χ3n) is 4.07. The zero-order valence-corrected chi connectivity index (χ0v) is 17.3. The highest BCUT2D eigenvalue weighted by molar-refractivity contribution is 9.10. The lowest BCUT2D eigenvalue weighted by atomic mass is 10.1. The van der Waals surface area contributed by atoms with Crippen LogP contribution in [0.4, 0.5) is 5.69 Å². The minimum atomic E-state index is -0.463. The third-order valence-corrected chi connectivity index (χ3v) is 4.66. The van der Waals surface area contributed by atoms with E-state index in [4.69, 9.17) is 9.47 Å². The quantitative estimate of drug-likeness (QED) is 0.517. The predicted molar refractivity (Wildman–Crippen MR) is 110 cm³/mol. The molecule has 27 heavy (non-hydrogen) atoms. The first-order valence-corrected chi connectivity index (χ1v) is 9.20. The van der Waals surface area contributed by atoms with Gasteiger partial charge in [0.1, 0.15) is 11.6 Å². The molecule has 0 radical (unpaired) electrons. The first-order valence-electron chi connectivity index (χ1n) is 8.41. The Balaban J connectivity index is 2.35.